The van der Waals surface area contributed by atoms with Crippen LogP contribution in [0.2, 0.25) is 0 Å². The molecule has 0 spiro atoms. The summed E-state index contributed by atoms with van der Waals surface area (Å²) < 4.78 is 16.8. The van der Waals surface area contributed by atoms with Crippen molar-refractivity contribution in [2.45, 2.75) is 102 Å². The lowest BCUT2D eigenvalue weighted by Crippen LogP contribution is -2.60. The molecule has 4 aliphatic rings. The minimum Gasteiger partial charge on any atom is -0.426 e. The first-order chi connectivity index (χ1) is 16.7. The number of carbonyl (C=O) groups excluding carboxylic acids is 1. The van der Waals surface area contributed by atoms with Crippen LogP contribution in [0.4, 0.5) is 0 Å². The monoisotopic (exact) mass is 510 g/mol. The molecular formula is C27H42O9. The van der Waals surface area contributed by atoms with Crippen LogP contribution in [-0.2, 0) is 19.0 Å². The zero-order valence-corrected chi connectivity index (χ0v) is 21.8. The van der Waals surface area contributed by atoms with E-state index in [1.165, 1.54) is 6.08 Å². The smallest absolute Gasteiger partial charge is 0.333 e. The van der Waals surface area contributed by atoms with Gasteiger partial charge < -0.3 is 39.7 Å². The number of ether oxygens (including phenoxy) is 3. The molecule has 4 rings (SSSR count). The second-order valence-electron chi connectivity index (χ2n) is 12.0. The molecule has 1 saturated heterocycles. The van der Waals surface area contributed by atoms with Gasteiger partial charge in [0.1, 0.15) is 24.4 Å². The molecule has 2 aliphatic carbocycles. The molecule has 0 aromatic heterocycles. The summed E-state index contributed by atoms with van der Waals surface area (Å²) in [6, 6.07) is 0. The van der Waals surface area contributed by atoms with E-state index >= 15 is 0 Å². The summed E-state index contributed by atoms with van der Waals surface area (Å²) in [5, 5.41) is 50.7. The van der Waals surface area contributed by atoms with Gasteiger partial charge in [-0.2, -0.15) is 0 Å². The first kappa shape index (κ1) is 27.7. The highest BCUT2D eigenvalue weighted by Gasteiger charge is 2.59. The highest BCUT2D eigenvalue weighted by atomic mass is 16.7. The van der Waals surface area contributed by atoms with E-state index in [4.69, 9.17) is 14.2 Å². The van der Waals surface area contributed by atoms with Crippen molar-refractivity contribution in [2.24, 2.45) is 29.1 Å². The Balaban J connectivity index is 1.42. The van der Waals surface area contributed by atoms with E-state index < -0.39 is 54.7 Å². The molecule has 0 aromatic carbocycles. The summed E-state index contributed by atoms with van der Waals surface area (Å²) in [5.41, 5.74) is -0.0801. The fourth-order valence-electron chi connectivity index (χ4n) is 6.78. The molecule has 9 heteroatoms. The lowest BCUT2D eigenvalue weighted by Gasteiger charge is -2.47. The first-order valence-corrected chi connectivity index (χ1v) is 13.1. The van der Waals surface area contributed by atoms with Crippen molar-refractivity contribution < 1.29 is 44.5 Å². The van der Waals surface area contributed by atoms with Crippen LogP contribution in [0.1, 0.15) is 60.3 Å². The first-order valence-electron chi connectivity index (χ1n) is 13.1. The molecular weight excluding hydrogens is 468 g/mol. The van der Waals surface area contributed by atoms with Gasteiger partial charge in [-0.1, -0.05) is 32.9 Å². The Bertz CT molecular complexity index is 898. The predicted molar refractivity (Wildman–Crippen MR) is 129 cm³/mol. The number of allylic oxidation sites excluding steroid dienone is 1. The second-order valence-corrected chi connectivity index (χ2v) is 12.0. The third-order valence-corrected chi connectivity index (χ3v) is 9.48. The Morgan fingerprint density at radius 3 is 2.50 bits per heavy atom. The number of rotatable bonds is 7. The minimum atomic E-state index is -1.48. The summed E-state index contributed by atoms with van der Waals surface area (Å²) in [5.74, 6) is -1.24. The molecule has 2 saturated carbocycles. The molecule has 11 atom stereocenters. The van der Waals surface area contributed by atoms with E-state index in [0.29, 0.717) is 12.3 Å². The molecule has 36 heavy (non-hydrogen) atoms. The summed E-state index contributed by atoms with van der Waals surface area (Å²) >= 11 is 0. The quantitative estimate of drug-likeness (QED) is 0.253. The minimum absolute atomic E-state index is 0.0403. The van der Waals surface area contributed by atoms with Gasteiger partial charge in [-0.3, -0.25) is 0 Å². The summed E-state index contributed by atoms with van der Waals surface area (Å²) in [6.45, 7) is 9.68. The topological polar surface area (TPSA) is 146 Å². The molecule has 2 aliphatic heterocycles. The van der Waals surface area contributed by atoms with E-state index in [0.717, 1.165) is 24.8 Å². The van der Waals surface area contributed by atoms with Crippen LogP contribution >= 0.6 is 0 Å². The van der Waals surface area contributed by atoms with Gasteiger partial charge in [-0.25, -0.2) is 4.79 Å². The van der Waals surface area contributed by atoms with Crippen molar-refractivity contribution in [1.82, 2.24) is 0 Å². The molecule has 3 fully saturated rings. The van der Waals surface area contributed by atoms with Crippen LogP contribution in [0, 0.1) is 29.1 Å². The average Bonchev–Trinajstić information content (AvgIpc) is 3.32. The maximum atomic E-state index is 11.9. The average molecular weight is 511 g/mol. The SMILES string of the molecule is CC(C=CC(C)C(C)(C)OC1OC(CO)C(O)C(O)C1O)C1CCC2C3=CC(=O)OC3(O)CCC21C. The molecule has 0 bridgehead atoms. The Kier molecular flexibility index (Phi) is 7.51. The normalized spacial score (nSPS) is 44.7. The molecule has 0 radical (unpaired) electrons. The largest absolute Gasteiger partial charge is 0.426 e. The lowest BCUT2D eigenvalue weighted by atomic mass is 9.60. The van der Waals surface area contributed by atoms with Crippen molar-refractivity contribution >= 4 is 5.97 Å². The molecule has 0 amide bonds. The molecule has 2 heterocycles. The van der Waals surface area contributed by atoms with Gasteiger partial charge in [0.2, 0.25) is 5.79 Å². The lowest BCUT2D eigenvalue weighted by molar-refractivity contribution is -0.326. The molecule has 9 nitrogen and oxygen atoms in total. The van der Waals surface area contributed by atoms with Crippen LogP contribution in [-0.4, -0.2) is 80.2 Å². The zero-order chi connectivity index (χ0) is 26.6. The standard InChI is InChI=1S/C27H42O9/c1-14(16-8-9-17-18-12-20(29)35-27(18,33)11-10-26(16,17)5)6-7-15(2)25(3,4)36-24-23(32)22(31)21(30)19(13-28)34-24/h6-7,12,14-17,19,21-24,28,30-33H,8-11,13H2,1-5H3. The van der Waals surface area contributed by atoms with Gasteiger partial charge in [-0.15, -0.1) is 0 Å². The fraction of sp³-hybridized carbons (Fsp3) is 0.815. The number of fused-ring (bicyclic) bond motifs is 3. The third-order valence-electron chi connectivity index (χ3n) is 9.48. The van der Waals surface area contributed by atoms with Crippen LogP contribution in [0.15, 0.2) is 23.8 Å². The molecule has 204 valence electrons. The number of aliphatic hydroxyl groups excluding tert-OH is 4. The number of esters is 1. The Morgan fingerprint density at radius 1 is 1.14 bits per heavy atom. The van der Waals surface area contributed by atoms with E-state index in [2.05, 4.69) is 26.0 Å². The predicted octanol–water partition coefficient (Wildman–Crippen LogP) is 1.41. The van der Waals surface area contributed by atoms with E-state index in [1.807, 2.05) is 20.8 Å². The summed E-state index contributed by atoms with van der Waals surface area (Å²) in [6.07, 6.45) is 2.30. The van der Waals surface area contributed by atoms with Gasteiger partial charge in [0.05, 0.1) is 12.2 Å². The number of hydrogen-bond acceptors (Lipinski definition) is 9. The van der Waals surface area contributed by atoms with Gasteiger partial charge in [-0.05, 0) is 56.3 Å². The summed E-state index contributed by atoms with van der Waals surface area (Å²) in [7, 11) is 0. The third kappa shape index (κ3) is 4.68. The van der Waals surface area contributed by atoms with Crippen LogP contribution in [0.5, 0.6) is 0 Å². The van der Waals surface area contributed by atoms with Crippen molar-refractivity contribution in [2.75, 3.05) is 6.61 Å². The van der Waals surface area contributed by atoms with Crippen LogP contribution in [0.3, 0.4) is 0 Å². The van der Waals surface area contributed by atoms with Gasteiger partial charge in [0.15, 0.2) is 6.29 Å². The molecule has 11 unspecified atom stereocenters. The van der Waals surface area contributed by atoms with E-state index in [-0.39, 0.29) is 23.2 Å². The summed E-state index contributed by atoms with van der Waals surface area (Å²) in [4.78, 5) is 11.9. The Hall–Kier alpha value is -1.33. The number of carbonyl (C=O) groups is 1. The highest BCUT2D eigenvalue weighted by molar-refractivity contribution is 5.86. The number of hydrogen-bond donors (Lipinski definition) is 5. The second kappa shape index (κ2) is 9.76. The molecule has 0 aromatic rings. The zero-order valence-electron chi connectivity index (χ0n) is 21.8. The Labute approximate surface area is 212 Å². The van der Waals surface area contributed by atoms with E-state index in [9.17, 15) is 30.3 Å². The van der Waals surface area contributed by atoms with Crippen molar-refractivity contribution in [3.8, 4) is 0 Å². The molecule has 5 N–H and O–H groups in total. The van der Waals surface area contributed by atoms with Crippen LogP contribution in [0.25, 0.3) is 0 Å². The van der Waals surface area contributed by atoms with Gasteiger partial charge in [0.25, 0.3) is 0 Å². The van der Waals surface area contributed by atoms with Crippen molar-refractivity contribution in [3.05, 3.63) is 23.8 Å². The van der Waals surface area contributed by atoms with Crippen LogP contribution < -0.4 is 0 Å². The number of aliphatic hydroxyl groups is 5. The van der Waals surface area contributed by atoms with Gasteiger partial charge in [0, 0.05) is 24.0 Å². The van der Waals surface area contributed by atoms with Gasteiger partial charge >= 0.3 is 5.97 Å². The highest BCUT2D eigenvalue weighted by Crippen LogP contribution is 2.62. The Morgan fingerprint density at radius 2 is 1.83 bits per heavy atom. The maximum Gasteiger partial charge on any atom is 0.333 e. The fourth-order valence-corrected chi connectivity index (χ4v) is 6.78. The van der Waals surface area contributed by atoms with Crippen molar-refractivity contribution in [3.63, 3.8) is 0 Å². The van der Waals surface area contributed by atoms with Crippen molar-refractivity contribution in [1.29, 1.82) is 0 Å². The maximum absolute atomic E-state index is 11.9. The van der Waals surface area contributed by atoms with E-state index in [1.54, 1.807) is 0 Å².